The molecule has 0 aromatic rings. The zero-order chi connectivity index (χ0) is 11.8. The monoisotopic (exact) mass is 218 g/mol. The first-order chi connectivity index (χ1) is 7.32. The smallest absolute Gasteiger partial charge is 0.162 e. The highest BCUT2D eigenvalue weighted by Crippen LogP contribution is 2.72. The van der Waals surface area contributed by atoms with E-state index >= 15 is 0 Å². The van der Waals surface area contributed by atoms with Gasteiger partial charge in [-0.05, 0) is 49.0 Å². The van der Waals surface area contributed by atoms with Gasteiger partial charge in [-0.15, -0.1) is 0 Å². The molecule has 0 amide bonds. The van der Waals surface area contributed by atoms with Gasteiger partial charge in [0.1, 0.15) is 0 Å². The van der Waals surface area contributed by atoms with Crippen molar-refractivity contribution in [3.8, 4) is 0 Å². The molecule has 16 heavy (non-hydrogen) atoms. The van der Waals surface area contributed by atoms with Crippen molar-refractivity contribution in [3.63, 3.8) is 0 Å². The molecule has 1 nitrogen and oxygen atoms in total. The number of carbonyl (C=O) groups excluding carboxylic acids is 1. The Balaban J connectivity index is 2.21. The third kappa shape index (κ3) is 0.919. The van der Waals surface area contributed by atoms with E-state index in [0.717, 1.165) is 5.57 Å². The summed E-state index contributed by atoms with van der Waals surface area (Å²) < 4.78 is 0. The summed E-state index contributed by atoms with van der Waals surface area (Å²) in [7, 11) is 0. The van der Waals surface area contributed by atoms with Gasteiger partial charge in [-0.25, -0.2) is 0 Å². The second-order valence-electron chi connectivity index (χ2n) is 7.20. The zero-order valence-electron chi connectivity index (χ0n) is 10.9. The third-order valence-electron chi connectivity index (χ3n) is 6.03. The quantitative estimate of drug-likeness (QED) is 0.605. The van der Waals surface area contributed by atoms with Crippen LogP contribution >= 0.6 is 0 Å². The maximum atomic E-state index is 12.4. The molecule has 1 heteroatoms. The largest absolute Gasteiger partial charge is 0.294 e. The summed E-state index contributed by atoms with van der Waals surface area (Å²) in [6.07, 6.45) is 7.32. The molecule has 3 rings (SSSR count). The Kier molecular flexibility index (Phi) is 1.73. The minimum atomic E-state index is 0.196. The van der Waals surface area contributed by atoms with E-state index in [9.17, 15) is 4.79 Å². The van der Waals surface area contributed by atoms with Crippen LogP contribution < -0.4 is 0 Å². The van der Waals surface area contributed by atoms with Gasteiger partial charge in [-0.2, -0.15) is 0 Å². The van der Waals surface area contributed by atoms with Gasteiger partial charge in [0.15, 0.2) is 5.78 Å². The molecule has 88 valence electrons. The lowest BCUT2D eigenvalue weighted by molar-refractivity contribution is -0.129. The van der Waals surface area contributed by atoms with Gasteiger partial charge in [-0.3, -0.25) is 4.79 Å². The maximum Gasteiger partial charge on any atom is 0.162 e. The van der Waals surface area contributed by atoms with E-state index in [0.29, 0.717) is 22.5 Å². The minimum Gasteiger partial charge on any atom is -0.294 e. The number of carbonyl (C=O) groups is 1. The van der Waals surface area contributed by atoms with Crippen molar-refractivity contribution in [3.05, 3.63) is 11.6 Å². The second kappa shape index (κ2) is 2.63. The van der Waals surface area contributed by atoms with Crippen LogP contribution in [0.2, 0.25) is 0 Å². The molecular formula is C15H22O. The molecule has 0 unspecified atom stereocenters. The van der Waals surface area contributed by atoms with Crippen LogP contribution in [0.3, 0.4) is 0 Å². The number of allylic oxidation sites excluding steroid dienone is 2. The summed E-state index contributed by atoms with van der Waals surface area (Å²) >= 11 is 0. The summed E-state index contributed by atoms with van der Waals surface area (Å²) in [4.78, 5) is 12.4. The Bertz CT molecular complexity index is 404. The molecule has 0 spiro atoms. The van der Waals surface area contributed by atoms with Crippen LogP contribution in [0.1, 0.15) is 53.4 Å². The molecule has 0 N–H and O–H groups in total. The fraction of sp³-hybridized carbons (Fsp3) is 0.800. The molecule has 0 aliphatic heterocycles. The average Bonchev–Trinajstić information content (AvgIpc) is 2.60. The van der Waals surface area contributed by atoms with Crippen LogP contribution in [0.25, 0.3) is 0 Å². The number of rotatable bonds is 0. The zero-order valence-corrected chi connectivity index (χ0v) is 10.9. The van der Waals surface area contributed by atoms with Crippen LogP contribution in [0.15, 0.2) is 11.6 Å². The lowest BCUT2D eigenvalue weighted by atomic mass is 9.52. The standard InChI is InChI=1S/C15H22O/c1-10-9-15-8-7-14(4,12(15)11(10)16)6-5-13(15,2)3/h9,12H,5-8H2,1-4H3/t12-,14+,15+/m1/s1. The van der Waals surface area contributed by atoms with Crippen LogP contribution in [-0.2, 0) is 4.79 Å². The van der Waals surface area contributed by atoms with Gasteiger partial charge in [0.05, 0.1) is 0 Å². The Labute approximate surface area is 98.3 Å². The molecule has 0 radical (unpaired) electrons. The molecule has 3 aliphatic carbocycles. The Morgan fingerprint density at radius 1 is 1.12 bits per heavy atom. The van der Waals surface area contributed by atoms with E-state index in [-0.39, 0.29) is 5.41 Å². The molecule has 0 aromatic heterocycles. The van der Waals surface area contributed by atoms with Gasteiger partial charge >= 0.3 is 0 Å². The SMILES string of the molecule is CC1=C[C@]23CC[C@](C)(CCC2(C)C)[C@H]3C1=O. The lowest BCUT2D eigenvalue weighted by Gasteiger charge is -2.51. The van der Waals surface area contributed by atoms with E-state index in [1.54, 1.807) is 0 Å². The second-order valence-corrected chi connectivity index (χ2v) is 7.20. The fourth-order valence-corrected chi connectivity index (χ4v) is 4.82. The molecule has 3 aliphatic rings. The molecule has 2 saturated carbocycles. The summed E-state index contributed by atoms with van der Waals surface area (Å²) in [5.74, 6) is 0.747. The predicted octanol–water partition coefficient (Wildman–Crippen LogP) is 3.74. The molecule has 0 aromatic carbocycles. The van der Waals surface area contributed by atoms with E-state index in [4.69, 9.17) is 0 Å². The average molecular weight is 218 g/mol. The number of ketones is 1. The summed E-state index contributed by atoms with van der Waals surface area (Å²) in [6.45, 7) is 9.10. The predicted molar refractivity (Wildman–Crippen MR) is 65.0 cm³/mol. The molecule has 2 fully saturated rings. The van der Waals surface area contributed by atoms with Crippen molar-refractivity contribution in [1.29, 1.82) is 0 Å². The lowest BCUT2D eigenvalue weighted by Crippen LogP contribution is -2.47. The normalized spacial score (nSPS) is 49.1. The van der Waals surface area contributed by atoms with E-state index in [2.05, 4.69) is 26.8 Å². The molecule has 3 atom stereocenters. The fourth-order valence-electron chi connectivity index (χ4n) is 4.82. The highest BCUT2D eigenvalue weighted by Gasteiger charge is 2.67. The Morgan fingerprint density at radius 3 is 2.38 bits per heavy atom. The number of Topliss-reactive ketones (excluding diaryl/α,β-unsaturated/α-hetero) is 1. The van der Waals surface area contributed by atoms with E-state index in [1.165, 1.54) is 25.7 Å². The summed E-state index contributed by atoms with van der Waals surface area (Å²) in [5.41, 5.74) is 1.83. The van der Waals surface area contributed by atoms with E-state index < -0.39 is 0 Å². The number of hydrogen-bond acceptors (Lipinski definition) is 1. The topological polar surface area (TPSA) is 17.1 Å². The van der Waals surface area contributed by atoms with Crippen molar-refractivity contribution < 1.29 is 4.79 Å². The first-order valence-electron chi connectivity index (χ1n) is 6.56. The van der Waals surface area contributed by atoms with Crippen LogP contribution in [0.4, 0.5) is 0 Å². The van der Waals surface area contributed by atoms with Crippen LogP contribution in [0, 0.1) is 22.2 Å². The Morgan fingerprint density at radius 2 is 1.75 bits per heavy atom. The molecular weight excluding hydrogens is 196 g/mol. The summed E-state index contributed by atoms with van der Waals surface area (Å²) in [6, 6.07) is 0. The highest BCUT2D eigenvalue weighted by atomic mass is 16.1. The van der Waals surface area contributed by atoms with Crippen molar-refractivity contribution in [1.82, 2.24) is 0 Å². The third-order valence-corrected chi connectivity index (χ3v) is 6.03. The van der Waals surface area contributed by atoms with Crippen molar-refractivity contribution >= 4 is 5.78 Å². The Hall–Kier alpha value is -0.590. The van der Waals surface area contributed by atoms with Crippen molar-refractivity contribution in [2.24, 2.45) is 22.2 Å². The maximum absolute atomic E-state index is 12.4. The van der Waals surface area contributed by atoms with Gasteiger partial charge in [0, 0.05) is 11.3 Å². The molecule has 0 heterocycles. The van der Waals surface area contributed by atoms with Gasteiger partial charge in [0.25, 0.3) is 0 Å². The van der Waals surface area contributed by atoms with Crippen molar-refractivity contribution in [2.45, 2.75) is 53.4 Å². The first-order valence-corrected chi connectivity index (χ1v) is 6.56. The summed E-state index contributed by atoms with van der Waals surface area (Å²) in [5, 5.41) is 0. The van der Waals surface area contributed by atoms with Gasteiger partial charge < -0.3 is 0 Å². The first kappa shape index (κ1) is 10.6. The minimum absolute atomic E-state index is 0.196. The van der Waals surface area contributed by atoms with Gasteiger partial charge in [-0.1, -0.05) is 26.8 Å². The van der Waals surface area contributed by atoms with Crippen molar-refractivity contribution in [2.75, 3.05) is 0 Å². The highest BCUT2D eigenvalue weighted by molar-refractivity contribution is 6.01. The van der Waals surface area contributed by atoms with Crippen LogP contribution in [-0.4, -0.2) is 5.78 Å². The number of hydrogen-bond donors (Lipinski definition) is 0. The molecule has 2 bridgehead atoms. The van der Waals surface area contributed by atoms with Crippen LogP contribution in [0.5, 0.6) is 0 Å². The van der Waals surface area contributed by atoms with E-state index in [1.807, 2.05) is 6.92 Å². The van der Waals surface area contributed by atoms with Gasteiger partial charge in [0.2, 0.25) is 0 Å². The molecule has 0 saturated heterocycles.